The molecule has 1 atom stereocenters. The van der Waals surface area contributed by atoms with Gasteiger partial charge < -0.3 is 14.4 Å². The minimum atomic E-state index is -0.269. The average Bonchev–Trinajstić information content (AvgIpc) is 3.45. The largest absolute Gasteiger partial charge is 0.497 e. The van der Waals surface area contributed by atoms with Crippen LogP contribution in [0.4, 0.5) is 0 Å². The number of methoxy groups -OCH3 is 1. The van der Waals surface area contributed by atoms with Crippen LogP contribution in [0, 0.1) is 6.92 Å². The monoisotopic (exact) mass is 481 g/mol. The highest BCUT2D eigenvalue weighted by Crippen LogP contribution is 2.44. The van der Waals surface area contributed by atoms with Crippen molar-refractivity contribution in [2.45, 2.75) is 39.3 Å². The van der Waals surface area contributed by atoms with E-state index in [1.807, 2.05) is 41.3 Å². The van der Waals surface area contributed by atoms with Gasteiger partial charge in [-0.15, -0.1) is 0 Å². The number of hydrogen-bond donors (Lipinski definition) is 1. The van der Waals surface area contributed by atoms with E-state index in [0.29, 0.717) is 18.8 Å². The van der Waals surface area contributed by atoms with Crippen LogP contribution in [0.5, 0.6) is 11.5 Å². The summed E-state index contributed by atoms with van der Waals surface area (Å²) in [4.78, 5) is 15.6. The Morgan fingerprint density at radius 1 is 0.944 bits per heavy atom. The molecule has 0 bridgehead atoms. The van der Waals surface area contributed by atoms with Gasteiger partial charge in [0.1, 0.15) is 17.2 Å². The Kier molecular flexibility index (Phi) is 6.76. The maximum absolute atomic E-state index is 13.6. The zero-order chi connectivity index (χ0) is 25.1. The number of H-pyrrole nitrogens is 1. The number of aromatic nitrogens is 2. The van der Waals surface area contributed by atoms with E-state index in [2.05, 4.69) is 60.4 Å². The molecule has 0 radical (unpaired) electrons. The lowest BCUT2D eigenvalue weighted by molar-refractivity contribution is 0.0730. The lowest BCUT2D eigenvalue weighted by Crippen LogP contribution is -2.29. The summed E-state index contributed by atoms with van der Waals surface area (Å²) in [6, 6.07) is 23.9. The third kappa shape index (κ3) is 4.59. The summed E-state index contributed by atoms with van der Waals surface area (Å²) in [5.41, 5.74) is 6.45. The molecule has 5 rings (SSSR count). The highest BCUT2D eigenvalue weighted by molar-refractivity contribution is 6.00. The van der Waals surface area contributed by atoms with Crippen molar-refractivity contribution < 1.29 is 14.3 Å². The molecule has 1 aromatic heterocycles. The van der Waals surface area contributed by atoms with Gasteiger partial charge >= 0.3 is 0 Å². The first kappa shape index (κ1) is 23.7. The van der Waals surface area contributed by atoms with Crippen molar-refractivity contribution in [2.24, 2.45) is 0 Å². The van der Waals surface area contributed by atoms with E-state index in [4.69, 9.17) is 9.47 Å². The highest BCUT2D eigenvalue weighted by Gasteiger charge is 2.42. The van der Waals surface area contributed by atoms with Crippen molar-refractivity contribution in [1.82, 2.24) is 15.1 Å². The second-order valence-electron chi connectivity index (χ2n) is 9.18. The fourth-order valence-electron chi connectivity index (χ4n) is 4.65. The second-order valence-corrected chi connectivity index (χ2v) is 9.18. The summed E-state index contributed by atoms with van der Waals surface area (Å²) in [7, 11) is 1.65. The number of aryl methyl sites for hydroxylation is 1. The molecule has 0 fully saturated rings. The fourth-order valence-corrected chi connectivity index (χ4v) is 4.65. The van der Waals surface area contributed by atoms with Crippen LogP contribution in [-0.4, -0.2) is 34.7 Å². The topological polar surface area (TPSA) is 67.5 Å². The van der Waals surface area contributed by atoms with Gasteiger partial charge in [0.15, 0.2) is 0 Å². The zero-order valence-corrected chi connectivity index (χ0v) is 21.0. The first-order valence-corrected chi connectivity index (χ1v) is 12.4. The average molecular weight is 482 g/mol. The van der Waals surface area contributed by atoms with E-state index in [0.717, 1.165) is 52.3 Å². The fraction of sp³-hybridized carbons (Fsp3) is 0.267. The molecule has 4 aromatic rings. The first-order valence-electron chi connectivity index (χ1n) is 12.4. The number of carbonyl (C=O) groups excluding carboxylic acids is 1. The van der Waals surface area contributed by atoms with Gasteiger partial charge in [-0.3, -0.25) is 9.89 Å². The normalized spacial score (nSPS) is 14.7. The molecular formula is C30H31N3O3. The zero-order valence-electron chi connectivity index (χ0n) is 21.0. The van der Waals surface area contributed by atoms with Crippen LogP contribution in [0.3, 0.4) is 0 Å². The molecule has 184 valence electrons. The van der Waals surface area contributed by atoms with Crippen LogP contribution in [-0.2, 0) is 6.54 Å². The molecule has 0 saturated heterocycles. The lowest BCUT2D eigenvalue weighted by Gasteiger charge is -2.27. The third-order valence-electron chi connectivity index (χ3n) is 6.66. The van der Waals surface area contributed by atoms with E-state index in [-0.39, 0.29) is 11.9 Å². The number of rotatable bonds is 9. The highest BCUT2D eigenvalue weighted by atomic mass is 16.5. The Balaban J connectivity index is 1.54. The van der Waals surface area contributed by atoms with Crippen molar-refractivity contribution in [2.75, 3.05) is 13.7 Å². The summed E-state index contributed by atoms with van der Waals surface area (Å²) in [5, 5.41) is 7.61. The van der Waals surface area contributed by atoms with Crippen LogP contribution in [0.1, 0.15) is 58.5 Å². The molecule has 1 aliphatic heterocycles. The molecular weight excluding hydrogens is 450 g/mol. The number of carbonyl (C=O) groups is 1. The van der Waals surface area contributed by atoms with Gasteiger partial charge in [-0.25, -0.2) is 0 Å². The molecule has 6 nitrogen and oxygen atoms in total. The van der Waals surface area contributed by atoms with Crippen molar-refractivity contribution in [3.63, 3.8) is 0 Å². The summed E-state index contributed by atoms with van der Waals surface area (Å²) in [6.45, 7) is 5.42. The lowest BCUT2D eigenvalue weighted by atomic mass is 9.95. The van der Waals surface area contributed by atoms with Crippen LogP contribution in [0.25, 0.3) is 11.3 Å². The number of unbranched alkanes of at least 4 members (excludes halogenated alkanes) is 1. The number of amides is 1. The molecule has 2 heterocycles. The van der Waals surface area contributed by atoms with E-state index in [1.165, 1.54) is 5.56 Å². The van der Waals surface area contributed by atoms with Crippen molar-refractivity contribution >= 4 is 5.91 Å². The Morgan fingerprint density at radius 2 is 1.64 bits per heavy atom. The molecule has 1 amide bonds. The molecule has 3 aromatic carbocycles. The smallest absolute Gasteiger partial charge is 0.273 e. The minimum Gasteiger partial charge on any atom is -0.497 e. The number of ether oxygens (including phenoxy) is 2. The number of fused-ring (bicyclic) bond motifs is 1. The first-order chi connectivity index (χ1) is 17.6. The number of nitrogens with zero attached hydrogens (tertiary/aromatic N) is 2. The number of aromatic amines is 1. The van der Waals surface area contributed by atoms with Gasteiger partial charge in [-0.2, -0.15) is 5.10 Å². The Labute approximate surface area is 211 Å². The Bertz CT molecular complexity index is 1330. The standard InChI is InChI=1S/C30H31N3O3/c1-4-5-18-36-25-16-12-23(13-17-25)29-26-27(22-10-14-24(35-3)15-11-22)31-32-28(26)30(34)33(29)19-21-8-6-20(2)7-9-21/h6-17,29H,4-5,18-19H2,1-3H3,(H,31,32). The maximum Gasteiger partial charge on any atom is 0.273 e. The third-order valence-corrected chi connectivity index (χ3v) is 6.66. The maximum atomic E-state index is 13.6. The van der Waals surface area contributed by atoms with E-state index in [1.54, 1.807) is 7.11 Å². The van der Waals surface area contributed by atoms with Crippen molar-refractivity contribution in [1.29, 1.82) is 0 Å². The minimum absolute atomic E-state index is 0.0499. The molecule has 0 saturated carbocycles. The predicted molar refractivity (Wildman–Crippen MR) is 140 cm³/mol. The van der Waals surface area contributed by atoms with Gasteiger partial charge in [0.25, 0.3) is 5.91 Å². The van der Waals surface area contributed by atoms with E-state index in [9.17, 15) is 4.79 Å². The number of nitrogens with one attached hydrogen (secondary N) is 1. The molecule has 6 heteroatoms. The SMILES string of the molecule is CCCCOc1ccc(C2c3c(-c4ccc(OC)cc4)n[nH]c3C(=O)N2Cc2ccc(C)cc2)cc1. The number of hydrogen-bond acceptors (Lipinski definition) is 4. The molecule has 1 N–H and O–H groups in total. The van der Waals surface area contributed by atoms with Gasteiger partial charge in [0.2, 0.25) is 0 Å². The van der Waals surface area contributed by atoms with Crippen LogP contribution >= 0.6 is 0 Å². The van der Waals surface area contributed by atoms with Crippen molar-refractivity contribution in [3.8, 4) is 22.8 Å². The Morgan fingerprint density at radius 3 is 2.31 bits per heavy atom. The quantitative estimate of drug-likeness (QED) is 0.284. The van der Waals surface area contributed by atoms with Crippen LogP contribution in [0.2, 0.25) is 0 Å². The number of benzene rings is 3. The van der Waals surface area contributed by atoms with Crippen molar-refractivity contribution in [3.05, 3.63) is 101 Å². The molecule has 1 aliphatic rings. The van der Waals surface area contributed by atoms with E-state index < -0.39 is 0 Å². The molecule has 1 unspecified atom stereocenters. The molecule has 0 spiro atoms. The molecule has 36 heavy (non-hydrogen) atoms. The van der Waals surface area contributed by atoms with E-state index >= 15 is 0 Å². The second kappa shape index (κ2) is 10.3. The van der Waals surface area contributed by atoms with Gasteiger partial charge in [0, 0.05) is 17.7 Å². The summed E-state index contributed by atoms with van der Waals surface area (Å²) in [6.07, 6.45) is 2.11. The van der Waals surface area contributed by atoms with Crippen LogP contribution < -0.4 is 9.47 Å². The molecule has 0 aliphatic carbocycles. The van der Waals surface area contributed by atoms with Gasteiger partial charge in [-0.1, -0.05) is 55.3 Å². The summed E-state index contributed by atoms with van der Waals surface area (Å²) < 4.78 is 11.2. The summed E-state index contributed by atoms with van der Waals surface area (Å²) >= 11 is 0. The summed E-state index contributed by atoms with van der Waals surface area (Å²) in [5.74, 6) is 1.56. The van der Waals surface area contributed by atoms with Gasteiger partial charge in [0.05, 0.1) is 25.5 Å². The van der Waals surface area contributed by atoms with Gasteiger partial charge in [-0.05, 0) is 60.9 Å². The Hall–Kier alpha value is -4.06. The van der Waals surface area contributed by atoms with Crippen LogP contribution in [0.15, 0.2) is 72.8 Å². The predicted octanol–water partition coefficient (Wildman–Crippen LogP) is 6.32.